The second-order valence-corrected chi connectivity index (χ2v) is 9.73. The van der Waals surface area contributed by atoms with E-state index in [0.29, 0.717) is 25.2 Å². The highest BCUT2D eigenvalue weighted by atomic mass is 32.2. The lowest BCUT2D eigenvalue weighted by atomic mass is 10.1. The molecule has 10 heteroatoms. The second-order valence-electron chi connectivity index (χ2n) is 7.79. The van der Waals surface area contributed by atoms with Crippen LogP contribution in [-0.2, 0) is 22.7 Å². The molecule has 1 fully saturated rings. The smallest absolute Gasteiger partial charge is 0.416 e. The van der Waals surface area contributed by atoms with E-state index < -0.39 is 27.4 Å². The Morgan fingerprint density at radius 2 is 1.62 bits per heavy atom. The van der Waals surface area contributed by atoms with Gasteiger partial charge in [-0.05, 0) is 48.4 Å². The summed E-state index contributed by atoms with van der Waals surface area (Å²) >= 11 is 0. The number of rotatable bonds is 4. The SMILES string of the molecule is Cc1ccc2c(CN3CCN(S(=O)(=O)c4ccc(C(F)(F)F)cc4)CC3)cc(=O)oc2c1. The first kappa shape index (κ1) is 22.5. The van der Waals surface area contributed by atoms with Crippen LogP contribution in [0.2, 0.25) is 0 Å². The van der Waals surface area contributed by atoms with Gasteiger partial charge in [0.05, 0.1) is 10.5 Å². The van der Waals surface area contributed by atoms with Gasteiger partial charge in [-0.25, -0.2) is 13.2 Å². The van der Waals surface area contributed by atoms with E-state index in [0.717, 1.165) is 40.8 Å². The van der Waals surface area contributed by atoms with Crippen LogP contribution in [0.3, 0.4) is 0 Å². The standard InChI is InChI=1S/C22H21F3N2O4S/c1-15-2-7-19-16(13-21(28)31-20(19)12-15)14-26-8-10-27(11-9-26)32(29,30)18-5-3-17(4-6-18)22(23,24)25/h2-7,12-13H,8-11,14H2,1H3. The average Bonchev–Trinajstić information content (AvgIpc) is 2.73. The molecule has 0 saturated carbocycles. The van der Waals surface area contributed by atoms with Gasteiger partial charge in [0, 0.05) is 44.2 Å². The van der Waals surface area contributed by atoms with Crippen LogP contribution in [0.5, 0.6) is 0 Å². The van der Waals surface area contributed by atoms with E-state index in [1.165, 1.54) is 10.4 Å². The summed E-state index contributed by atoms with van der Waals surface area (Å²) in [6.07, 6.45) is -4.52. The first-order valence-corrected chi connectivity index (χ1v) is 11.4. The molecule has 0 spiro atoms. The number of sulfonamides is 1. The Kier molecular flexibility index (Phi) is 5.87. The maximum atomic E-state index is 12.8. The Labute approximate surface area is 182 Å². The van der Waals surface area contributed by atoms with Crippen LogP contribution in [0.25, 0.3) is 11.0 Å². The number of aryl methyl sites for hydroxylation is 1. The van der Waals surface area contributed by atoms with E-state index in [-0.39, 0.29) is 18.0 Å². The topological polar surface area (TPSA) is 70.8 Å². The van der Waals surface area contributed by atoms with Gasteiger partial charge in [-0.3, -0.25) is 4.90 Å². The first-order valence-electron chi connectivity index (χ1n) is 9.97. The van der Waals surface area contributed by atoms with Gasteiger partial charge < -0.3 is 4.42 Å². The Hall–Kier alpha value is -2.69. The lowest BCUT2D eigenvalue weighted by Gasteiger charge is -2.34. The molecule has 0 aliphatic carbocycles. The summed E-state index contributed by atoms with van der Waals surface area (Å²) in [6.45, 7) is 3.60. The van der Waals surface area contributed by atoms with Crippen LogP contribution in [0.1, 0.15) is 16.7 Å². The molecule has 1 aliphatic rings. The van der Waals surface area contributed by atoms with Gasteiger partial charge in [-0.1, -0.05) is 12.1 Å². The lowest BCUT2D eigenvalue weighted by molar-refractivity contribution is -0.137. The number of halogens is 3. The largest absolute Gasteiger partial charge is 0.423 e. The van der Waals surface area contributed by atoms with Crippen LogP contribution in [0.4, 0.5) is 13.2 Å². The third-order valence-electron chi connectivity index (χ3n) is 5.53. The summed E-state index contributed by atoms with van der Waals surface area (Å²) < 4.78 is 70.5. The quantitative estimate of drug-likeness (QED) is 0.550. The monoisotopic (exact) mass is 466 g/mol. The zero-order chi connectivity index (χ0) is 23.1. The fourth-order valence-corrected chi connectivity index (χ4v) is 5.22. The molecule has 4 rings (SSSR count). The molecule has 2 heterocycles. The molecule has 32 heavy (non-hydrogen) atoms. The highest BCUT2D eigenvalue weighted by molar-refractivity contribution is 7.89. The number of fused-ring (bicyclic) bond motifs is 1. The number of piperazine rings is 1. The average molecular weight is 466 g/mol. The van der Waals surface area contributed by atoms with E-state index in [1.54, 1.807) is 6.07 Å². The fraction of sp³-hybridized carbons (Fsp3) is 0.318. The van der Waals surface area contributed by atoms with E-state index in [4.69, 9.17) is 4.42 Å². The van der Waals surface area contributed by atoms with Gasteiger partial charge in [0.25, 0.3) is 0 Å². The normalized spacial score (nSPS) is 16.5. The molecular weight excluding hydrogens is 445 g/mol. The fourth-order valence-electron chi connectivity index (χ4n) is 3.80. The van der Waals surface area contributed by atoms with Gasteiger partial charge in [-0.2, -0.15) is 17.5 Å². The summed E-state index contributed by atoms with van der Waals surface area (Å²) in [5.41, 5.74) is 0.948. The van der Waals surface area contributed by atoms with Crippen molar-refractivity contribution in [3.8, 4) is 0 Å². The Balaban J connectivity index is 1.46. The van der Waals surface area contributed by atoms with Crippen LogP contribution < -0.4 is 5.63 Å². The predicted molar refractivity (Wildman–Crippen MR) is 113 cm³/mol. The molecule has 0 unspecified atom stereocenters. The summed E-state index contributed by atoms with van der Waals surface area (Å²) in [7, 11) is -3.89. The van der Waals surface area contributed by atoms with Gasteiger partial charge in [0.15, 0.2) is 0 Å². The third kappa shape index (κ3) is 4.57. The molecule has 6 nitrogen and oxygen atoms in total. The van der Waals surface area contributed by atoms with E-state index >= 15 is 0 Å². The van der Waals surface area contributed by atoms with Crippen molar-refractivity contribution in [2.45, 2.75) is 24.5 Å². The molecule has 0 bridgehead atoms. The summed E-state index contributed by atoms with van der Waals surface area (Å²) in [4.78, 5) is 13.8. The minimum atomic E-state index is -4.52. The molecule has 1 saturated heterocycles. The number of hydrogen-bond donors (Lipinski definition) is 0. The number of nitrogens with zero attached hydrogens (tertiary/aromatic N) is 2. The highest BCUT2D eigenvalue weighted by Crippen LogP contribution is 2.30. The van der Waals surface area contributed by atoms with E-state index in [2.05, 4.69) is 0 Å². The molecule has 0 amide bonds. The zero-order valence-corrected chi connectivity index (χ0v) is 18.0. The Bertz CT molecular complexity index is 1290. The summed E-state index contributed by atoms with van der Waals surface area (Å²) in [5, 5.41) is 0.829. The summed E-state index contributed by atoms with van der Waals surface area (Å²) in [6, 6.07) is 10.6. The molecule has 170 valence electrons. The molecule has 1 aliphatic heterocycles. The van der Waals surface area contributed by atoms with Crippen molar-refractivity contribution in [3.63, 3.8) is 0 Å². The van der Waals surface area contributed by atoms with Crippen molar-refractivity contribution >= 4 is 21.0 Å². The van der Waals surface area contributed by atoms with Gasteiger partial charge in [-0.15, -0.1) is 0 Å². The third-order valence-corrected chi connectivity index (χ3v) is 7.44. The van der Waals surface area contributed by atoms with Gasteiger partial charge in [0.1, 0.15) is 5.58 Å². The van der Waals surface area contributed by atoms with Gasteiger partial charge in [0.2, 0.25) is 10.0 Å². The Morgan fingerprint density at radius 3 is 2.25 bits per heavy atom. The van der Waals surface area contributed by atoms with Crippen molar-refractivity contribution in [1.82, 2.24) is 9.21 Å². The zero-order valence-electron chi connectivity index (χ0n) is 17.2. The Morgan fingerprint density at radius 1 is 0.969 bits per heavy atom. The molecule has 0 N–H and O–H groups in total. The van der Waals surface area contributed by atoms with Crippen molar-refractivity contribution < 1.29 is 26.0 Å². The number of benzene rings is 2. The van der Waals surface area contributed by atoms with Crippen LogP contribution in [0, 0.1) is 6.92 Å². The molecule has 2 aromatic carbocycles. The maximum absolute atomic E-state index is 12.8. The van der Waals surface area contributed by atoms with Crippen LogP contribution in [-0.4, -0.2) is 43.8 Å². The number of hydrogen-bond acceptors (Lipinski definition) is 5. The maximum Gasteiger partial charge on any atom is 0.416 e. The van der Waals surface area contributed by atoms with Crippen molar-refractivity contribution in [1.29, 1.82) is 0 Å². The van der Waals surface area contributed by atoms with Crippen LogP contribution in [0.15, 0.2) is 62.6 Å². The van der Waals surface area contributed by atoms with Crippen LogP contribution >= 0.6 is 0 Å². The second kappa shape index (κ2) is 8.34. The minimum absolute atomic E-state index is 0.166. The van der Waals surface area contributed by atoms with Gasteiger partial charge >= 0.3 is 11.8 Å². The van der Waals surface area contributed by atoms with E-state index in [9.17, 15) is 26.4 Å². The molecule has 0 atom stereocenters. The lowest BCUT2D eigenvalue weighted by Crippen LogP contribution is -2.48. The molecule has 0 radical (unpaired) electrons. The molecule has 3 aromatic rings. The number of alkyl halides is 3. The molecule has 1 aromatic heterocycles. The first-order chi connectivity index (χ1) is 15.0. The minimum Gasteiger partial charge on any atom is -0.423 e. The van der Waals surface area contributed by atoms with Crippen molar-refractivity contribution in [2.75, 3.05) is 26.2 Å². The molecular formula is C22H21F3N2O4S. The predicted octanol–water partition coefficient (Wildman–Crippen LogP) is 3.63. The summed E-state index contributed by atoms with van der Waals surface area (Å²) in [5.74, 6) is 0. The highest BCUT2D eigenvalue weighted by Gasteiger charge is 2.32. The van der Waals surface area contributed by atoms with E-state index in [1.807, 2.05) is 24.0 Å². The van der Waals surface area contributed by atoms with Crippen molar-refractivity contribution in [2.24, 2.45) is 0 Å². The van der Waals surface area contributed by atoms with Crippen molar-refractivity contribution in [3.05, 3.63) is 75.6 Å².